The maximum Gasteiger partial charge on any atom is 0.412 e. The summed E-state index contributed by atoms with van der Waals surface area (Å²) in [6, 6.07) is 7.01. The summed E-state index contributed by atoms with van der Waals surface area (Å²) in [5.74, 6) is 0.000853. The molecule has 0 atom stereocenters. The number of hydrogen-bond acceptors (Lipinski definition) is 4. The Bertz CT molecular complexity index is 620. The molecule has 0 aliphatic carbocycles. The Labute approximate surface area is 109 Å². The van der Waals surface area contributed by atoms with Crippen LogP contribution in [0.25, 0.3) is 10.9 Å². The molecule has 7 heteroatoms. The van der Waals surface area contributed by atoms with Gasteiger partial charge in [-0.25, -0.2) is 4.79 Å². The summed E-state index contributed by atoms with van der Waals surface area (Å²) in [4.78, 5) is 21.8. The van der Waals surface area contributed by atoms with Crippen molar-refractivity contribution in [2.24, 2.45) is 5.73 Å². The second-order valence-corrected chi connectivity index (χ2v) is 3.85. The van der Waals surface area contributed by atoms with Crippen molar-refractivity contribution in [2.45, 2.75) is 0 Å². The van der Waals surface area contributed by atoms with E-state index in [4.69, 9.17) is 10.5 Å². The first-order valence-electron chi connectivity index (χ1n) is 5.63. The highest BCUT2D eigenvalue weighted by Crippen LogP contribution is 2.21. The molecule has 2 amide bonds. The molecule has 0 aliphatic heterocycles. The molecule has 0 spiro atoms. The summed E-state index contributed by atoms with van der Waals surface area (Å²) < 4.78 is 6.71. The standard InChI is InChI=1S/C12H14N4O3/c1-14-12(18)19-9-2-3-10-8(6-9)4-5-16(10)15-7-11(13)17/h2-6,15H,7H2,1H3,(H2,13,17)(H,14,18). The number of nitrogens with zero attached hydrogens (tertiary/aromatic N) is 1. The largest absolute Gasteiger partial charge is 0.412 e. The maximum absolute atomic E-state index is 11.1. The predicted molar refractivity (Wildman–Crippen MR) is 70.4 cm³/mol. The van der Waals surface area contributed by atoms with E-state index in [0.717, 1.165) is 10.9 Å². The van der Waals surface area contributed by atoms with Crippen molar-refractivity contribution in [3.8, 4) is 5.75 Å². The minimum absolute atomic E-state index is 0.0419. The number of hydrogen-bond donors (Lipinski definition) is 3. The summed E-state index contributed by atoms with van der Waals surface area (Å²) in [5.41, 5.74) is 8.78. The van der Waals surface area contributed by atoms with Crippen LogP contribution >= 0.6 is 0 Å². The number of aromatic nitrogens is 1. The summed E-state index contributed by atoms with van der Waals surface area (Å²) in [7, 11) is 1.49. The molecule has 0 saturated carbocycles. The van der Waals surface area contributed by atoms with Crippen LogP contribution in [0.5, 0.6) is 5.75 Å². The third kappa shape index (κ3) is 2.95. The van der Waals surface area contributed by atoms with Crippen molar-refractivity contribution in [2.75, 3.05) is 19.0 Å². The second-order valence-electron chi connectivity index (χ2n) is 3.85. The lowest BCUT2D eigenvalue weighted by Crippen LogP contribution is -2.27. The summed E-state index contributed by atoms with van der Waals surface area (Å²) in [6.45, 7) is 0.0419. The Hall–Kier alpha value is -2.70. The van der Waals surface area contributed by atoms with Crippen molar-refractivity contribution in [1.82, 2.24) is 9.99 Å². The number of nitrogens with one attached hydrogen (secondary N) is 2. The van der Waals surface area contributed by atoms with Crippen LogP contribution in [0, 0.1) is 0 Å². The van der Waals surface area contributed by atoms with Crippen molar-refractivity contribution in [3.05, 3.63) is 30.5 Å². The molecule has 0 fully saturated rings. The number of carbonyl (C=O) groups excluding carboxylic acids is 2. The number of ether oxygens (including phenoxy) is 1. The van der Waals surface area contributed by atoms with Gasteiger partial charge in [0, 0.05) is 18.6 Å². The van der Waals surface area contributed by atoms with E-state index in [9.17, 15) is 9.59 Å². The van der Waals surface area contributed by atoms with Crippen molar-refractivity contribution in [1.29, 1.82) is 0 Å². The molecule has 2 aromatic rings. The molecule has 0 bridgehead atoms. The van der Waals surface area contributed by atoms with E-state index in [0.29, 0.717) is 5.75 Å². The zero-order chi connectivity index (χ0) is 13.8. The molecule has 7 nitrogen and oxygen atoms in total. The first-order chi connectivity index (χ1) is 9.10. The fourth-order valence-electron chi connectivity index (χ4n) is 1.64. The number of rotatable bonds is 4. The van der Waals surface area contributed by atoms with E-state index in [1.54, 1.807) is 29.1 Å². The number of amides is 2. The SMILES string of the molecule is CNC(=O)Oc1ccc2c(ccn2NCC(N)=O)c1. The van der Waals surface area contributed by atoms with Gasteiger partial charge >= 0.3 is 6.09 Å². The number of fused-ring (bicyclic) bond motifs is 1. The monoisotopic (exact) mass is 262 g/mol. The Kier molecular flexibility index (Phi) is 3.56. The van der Waals surface area contributed by atoms with E-state index in [-0.39, 0.29) is 6.54 Å². The molecule has 0 unspecified atom stereocenters. The lowest BCUT2D eigenvalue weighted by atomic mass is 10.2. The molecule has 1 aromatic carbocycles. The first-order valence-corrected chi connectivity index (χ1v) is 5.63. The normalized spacial score (nSPS) is 10.2. The summed E-state index contributed by atoms with van der Waals surface area (Å²) in [5, 5.41) is 3.24. The minimum atomic E-state index is -0.523. The van der Waals surface area contributed by atoms with Gasteiger partial charge in [0.15, 0.2) is 0 Å². The maximum atomic E-state index is 11.1. The fourth-order valence-corrected chi connectivity index (χ4v) is 1.64. The van der Waals surface area contributed by atoms with E-state index in [1.807, 2.05) is 6.07 Å². The van der Waals surface area contributed by atoms with Crippen molar-refractivity contribution < 1.29 is 14.3 Å². The lowest BCUT2D eigenvalue weighted by Gasteiger charge is -2.08. The molecule has 1 aromatic heterocycles. The van der Waals surface area contributed by atoms with Gasteiger partial charge in [-0.3, -0.25) is 9.47 Å². The molecule has 1 heterocycles. The van der Waals surface area contributed by atoms with Gasteiger partial charge in [-0.05, 0) is 24.3 Å². The van der Waals surface area contributed by atoms with Gasteiger partial charge in [0.2, 0.25) is 5.91 Å². The first kappa shape index (κ1) is 12.7. The quantitative estimate of drug-likeness (QED) is 0.742. The van der Waals surface area contributed by atoms with Gasteiger partial charge in [-0.2, -0.15) is 0 Å². The number of nitrogens with two attached hydrogens (primary N) is 1. The highest BCUT2D eigenvalue weighted by atomic mass is 16.5. The van der Waals surface area contributed by atoms with Gasteiger partial charge in [0.25, 0.3) is 0 Å². The molecule has 2 rings (SSSR count). The molecular formula is C12H14N4O3. The van der Waals surface area contributed by atoms with Crippen molar-refractivity contribution >= 4 is 22.9 Å². The van der Waals surface area contributed by atoms with Crippen LogP contribution in [0.15, 0.2) is 30.5 Å². The zero-order valence-corrected chi connectivity index (χ0v) is 10.3. The number of primary amides is 1. The van der Waals surface area contributed by atoms with E-state index >= 15 is 0 Å². The molecule has 0 saturated heterocycles. The highest BCUT2D eigenvalue weighted by Gasteiger charge is 2.06. The van der Waals surface area contributed by atoms with Crippen LogP contribution in [0.2, 0.25) is 0 Å². The third-order valence-electron chi connectivity index (χ3n) is 2.50. The predicted octanol–water partition coefficient (Wildman–Crippen LogP) is 0.388. The number of carbonyl (C=O) groups is 2. The molecular weight excluding hydrogens is 248 g/mol. The van der Waals surface area contributed by atoms with E-state index in [2.05, 4.69) is 10.7 Å². The third-order valence-corrected chi connectivity index (χ3v) is 2.50. The molecule has 0 radical (unpaired) electrons. The van der Waals surface area contributed by atoms with Crippen LogP contribution in [-0.2, 0) is 4.79 Å². The lowest BCUT2D eigenvalue weighted by molar-refractivity contribution is -0.116. The summed E-state index contributed by atoms with van der Waals surface area (Å²) in [6.07, 6.45) is 1.24. The molecule has 19 heavy (non-hydrogen) atoms. The second kappa shape index (κ2) is 5.30. The topological polar surface area (TPSA) is 98.4 Å². The zero-order valence-electron chi connectivity index (χ0n) is 10.3. The van der Waals surface area contributed by atoms with Gasteiger partial charge in [0.05, 0.1) is 5.52 Å². The van der Waals surface area contributed by atoms with Gasteiger partial charge in [-0.15, -0.1) is 0 Å². The van der Waals surface area contributed by atoms with Crippen LogP contribution in [-0.4, -0.2) is 30.3 Å². The molecule has 100 valence electrons. The van der Waals surface area contributed by atoms with Crippen LogP contribution in [0.4, 0.5) is 4.79 Å². The Morgan fingerprint density at radius 2 is 2.16 bits per heavy atom. The van der Waals surface area contributed by atoms with Crippen LogP contribution < -0.4 is 21.2 Å². The molecule has 0 aliphatic rings. The van der Waals surface area contributed by atoms with Gasteiger partial charge in [-0.1, -0.05) is 0 Å². The summed E-state index contributed by atoms with van der Waals surface area (Å²) >= 11 is 0. The van der Waals surface area contributed by atoms with Crippen LogP contribution in [0.1, 0.15) is 0 Å². The smallest absolute Gasteiger partial charge is 0.410 e. The molecule has 4 N–H and O–H groups in total. The fraction of sp³-hybridized carbons (Fsp3) is 0.167. The van der Waals surface area contributed by atoms with Gasteiger partial charge in [0.1, 0.15) is 12.3 Å². The van der Waals surface area contributed by atoms with E-state index < -0.39 is 12.0 Å². The number of benzene rings is 1. The van der Waals surface area contributed by atoms with Crippen molar-refractivity contribution in [3.63, 3.8) is 0 Å². The minimum Gasteiger partial charge on any atom is -0.410 e. The Morgan fingerprint density at radius 1 is 1.37 bits per heavy atom. The Balaban J connectivity index is 2.21. The van der Waals surface area contributed by atoms with Crippen LogP contribution in [0.3, 0.4) is 0 Å². The average Bonchev–Trinajstić information content (AvgIpc) is 2.78. The van der Waals surface area contributed by atoms with Gasteiger partial charge < -0.3 is 21.2 Å². The Morgan fingerprint density at radius 3 is 2.84 bits per heavy atom. The van der Waals surface area contributed by atoms with E-state index in [1.165, 1.54) is 7.05 Å². The average molecular weight is 262 g/mol. The highest BCUT2D eigenvalue weighted by molar-refractivity contribution is 5.83.